The Bertz CT molecular complexity index is 2590. The molecule has 2 saturated heterocycles. The van der Waals surface area contributed by atoms with Gasteiger partial charge in [0.25, 0.3) is 11.9 Å². The molecule has 0 spiro atoms. The monoisotopic (exact) mass is 1120 g/mol. The first-order chi connectivity index (χ1) is 37.7. The highest BCUT2D eigenvalue weighted by Gasteiger charge is 2.45. The molecule has 2 aromatic carbocycles. The van der Waals surface area contributed by atoms with Crippen molar-refractivity contribution in [1.29, 1.82) is 0 Å². The van der Waals surface area contributed by atoms with Gasteiger partial charge in [-0.1, -0.05) is 62.7 Å². The van der Waals surface area contributed by atoms with Crippen LogP contribution < -0.4 is 36.8 Å². The van der Waals surface area contributed by atoms with Gasteiger partial charge in [-0.2, -0.15) is 0 Å². The Kier molecular flexibility index (Phi) is 22.4. The number of para-hydroxylation sites is 1. The summed E-state index contributed by atoms with van der Waals surface area (Å²) in [6.45, 7) is 6.54. The first-order valence-corrected chi connectivity index (χ1v) is 28.5. The first kappa shape index (κ1) is 60.9. The number of nitrogens with one attached hydrogen (secondary N) is 6. The van der Waals surface area contributed by atoms with Gasteiger partial charge >= 0.3 is 26.8 Å². The number of anilines is 1. The van der Waals surface area contributed by atoms with E-state index in [1.807, 2.05) is 21.9 Å². The Hall–Kier alpha value is -7.31. The van der Waals surface area contributed by atoms with Crippen LogP contribution in [0.25, 0.3) is 0 Å². The van der Waals surface area contributed by atoms with Crippen LogP contribution in [0.2, 0.25) is 5.79 Å². The highest BCUT2D eigenvalue weighted by Crippen LogP contribution is 2.39. The van der Waals surface area contributed by atoms with Crippen LogP contribution in [-0.2, 0) is 90.9 Å². The number of carbonyl (C=O) groups excluding carboxylic acids is 10. The third-order valence-corrected chi connectivity index (χ3v) is 15.4. The van der Waals surface area contributed by atoms with Gasteiger partial charge in [-0.3, -0.25) is 72.3 Å². The van der Waals surface area contributed by atoms with Crippen molar-refractivity contribution in [3.8, 4) is 0 Å². The molecular weight excluding hydrogens is 1050 g/mol. The fourth-order valence-electron chi connectivity index (χ4n) is 9.78. The number of hydrogen-bond acceptors (Lipinski definition) is 17. The zero-order valence-corrected chi connectivity index (χ0v) is 45.6. The van der Waals surface area contributed by atoms with Crippen molar-refractivity contribution in [2.45, 2.75) is 108 Å². The van der Waals surface area contributed by atoms with Gasteiger partial charge in [0.1, 0.15) is 30.5 Å². The van der Waals surface area contributed by atoms with Gasteiger partial charge in [0, 0.05) is 58.7 Å². The van der Waals surface area contributed by atoms with Crippen LogP contribution in [0.3, 0.4) is 0 Å². The van der Waals surface area contributed by atoms with Crippen LogP contribution >= 0.6 is 0 Å². The van der Waals surface area contributed by atoms with Crippen LogP contribution in [0.5, 0.6) is 0 Å². The van der Waals surface area contributed by atoms with Crippen LogP contribution in [0, 0.1) is 5.92 Å². The lowest BCUT2D eigenvalue weighted by atomic mass is 9.97. The van der Waals surface area contributed by atoms with E-state index in [1.165, 1.54) is 4.90 Å². The summed E-state index contributed by atoms with van der Waals surface area (Å²) in [6.07, 6.45) is -0.352. The minimum atomic E-state index is -2.43. The highest BCUT2D eigenvalue weighted by atomic mass is 27.2. The normalized spacial score (nSPS) is 21.0. The molecule has 8 atom stereocenters. The van der Waals surface area contributed by atoms with Crippen LogP contribution in [0.1, 0.15) is 68.2 Å². The topological polar surface area (TPSA) is 349 Å². The van der Waals surface area contributed by atoms with Gasteiger partial charge < -0.3 is 54.5 Å². The van der Waals surface area contributed by atoms with Gasteiger partial charge in [0.05, 0.1) is 50.7 Å². The quantitative estimate of drug-likeness (QED) is 0.0422. The van der Waals surface area contributed by atoms with E-state index < -0.39 is 142 Å². The van der Waals surface area contributed by atoms with E-state index in [4.69, 9.17) is 7.58 Å². The lowest BCUT2D eigenvalue weighted by molar-refractivity contribution is -0.141. The van der Waals surface area contributed by atoms with Gasteiger partial charge in [-0.15, -0.1) is 0 Å². The van der Waals surface area contributed by atoms with E-state index in [-0.39, 0.29) is 38.8 Å². The summed E-state index contributed by atoms with van der Waals surface area (Å²) in [6, 6.07) is 6.40. The van der Waals surface area contributed by atoms with E-state index in [2.05, 4.69) is 36.8 Å². The molecule has 2 fully saturated rings. The van der Waals surface area contributed by atoms with Crippen LogP contribution in [-0.4, -0.2) is 207 Å². The fourth-order valence-corrected chi connectivity index (χ4v) is 10.7. The Morgan fingerprint density at radius 2 is 1.38 bits per heavy atom. The second-order valence-corrected chi connectivity index (χ2v) is 21.8. The number of amides is 7. The molecule has 4 aliphatic heterocycles. The summed E-state index contributed by atoms with van der Waals surface area (Å²) in [7, 11) is 0. The largest absolute Gasteiger partial charge is 0.857 e. The lowest BCUT2D eigenvalue weighted by Crippen LogP contribution is -2.59. The van der Waals surface area contributed by atoms with E-state index in [1.54, 1.807) is 50.0 Å². The van der Waals surface area contributed by atoms with Gasteiger partial charge in [0.15, 0.2) is 0 Å². The van der Waals surface area contributed by atoms with Crippen LogP contribution in [0.4, 0.5) is 5.69 Å². The molecule has 0 saturated carbocycles. The molecular formula is C52H69AlN10O16. The zero-order valence-electron chi connectivity index (χ0n) is 44.5. The van der Waals surface area contributed by atoms with Gasteiger partial charge in [0.2, 0.25) is 41.4 Å². The minimum Gasteiger partial charge on any atom is -0.584 e. The predicted molar refractivity (Wildman–Crippen MR) is 280 cm³/mol. The third kappa shape index (κ3) is 18.1. The molecule has 2 bridgehead atoms. The number of aryl methyl sites for hydroxylation is 1. The third-order valence-electron chi connectivity index (χ3n) is 14.2. The summed E-state index contributed by atoms with van der Waals surface area (Å²) in [5.41, 5.74) is 3.46. The number of carbonyl (C=O) groups is 12. The van der Waals surface area contributed by atoms with E-state index in [0.717, 1.165) is 11.1 Å². The van der Waals surface area contributed by atoms with Crippen molar-refractivity contribution >= 4 is 92.0 Å². The van der Waals surface area contributed by atoms with Crippen molar-refractivity contribution in [2.75, 3.05) is 70.3 Å². The standard InChI is InChI=1S/C51H68N10O16.CH3.Al/c1-3-30(2)46(50(76)56-37-12-11-33-5-4-6-34-22-38(61(47(33)34)51(37)77)49(75)54-35(29-62)23-43(68)69)57-41(65)25-52-40(64)24-53-48(74)36(13-14-42(66)67)55-39(63)21-31-7-9-32(10-8-31)26-58-15-17-59(27-44(70)71)19-20-60(18-16-58)28-45(72)73;;/h4-10,29-30,35-38,46H,3,11-28H2,1-2H3,(H,52,64)(H,53,74)(H,54,75)(H,55,63)(H,56,76)(H,57,65)(H,66,67)(H,68,69)(H,70,71)(H,72,73);1H3;/q;;+2/p-2/t30-,35-,36-,37-,38-,46-;;/m0../s1. The SMILES string of the molecule is CC[C@H](C)[C@H](NC(=O)CNC(=O)CNC(=O)[C@H](CCC(=O)O)NC(=O)Cc1ccc(CN2CCN3CCN(CC2)CC(=O)[O][Al]([CH3])[O]C(=O)C3)cc1)C(=O)N[C@H]1CCc2cccc3c2N(C1=O)[C@H](C(=O)N[C@H](C=O)CC(=O)O)C3. The van der Waals surface area contributed by atoms with E-state index >= 15 is 0 Å². The summed E-state index contributed by atoms with van der Waals surface area (Å²) in [5.74, 6) is -7.33. The Balaban J connectivity index is 0.979. The molecule has 0 radical (unpaired) electrons. The second kappa shape index (κ2) is 29.1. The van der Waals surface area contributed by atoms with Gasteiger partial charge in [-0.05, 0) is 53.2 Å². The second-order valence-electron chi connectivity index (χ2n) is 20.1. The summed E-state index contributed by atoms with van der Waals surface area (Å²) in [5, 5.41) is 33.6. The summed E-state index contributed by atoms with van der Waals surface area (Å²) in [4.78, 5) is 161. The Morgan fingerprint density at radius 1 is 0.759 bits per heavy atom. The molecule has 8 N–H and O–H groups in total. The molecule has 79 heavy (non-hydrogen) atoms. The smallest absolute Gasteiger partial charge is 0.584 e. The molecule has 2 unspecified atom stereocenters. The molecule has 27 heteroatoms. The van der Waals surface area contributed by atoms with E-state index in [9.17, 15) is 67.7 Å². The van der Waals surface area contributed by atoms with E-state index in [0.29, 0.717) is 81.8 Å². The molecule has 7 amide bonds. The highest BCUT2D eigenvalue weighted by molar-refractivity contribution is 6.47. The maximum absolute atomic E-state index is 14.2. The number of carboxylic acids is 2. The molecule has 4 aliphatic rings. The average Bonchev–Trinajstić information content (AvgIpc) is 3.93. The van der Waals surface area contributed by atoms with Crippen molar-refractivity contribution in [2.24, 2.45) is 5.92 Å². The first-order valence-electron chi connectivity index (χ1n) is 26.4. The average molecular weight is 1120 g/mol. The maximum Gasteiger partial charge on any atom is 0.857 e. The number of benzene rings is 2. The van der Waals surface area contributed by atoms with Crippen molar-refractivity contribution in [3.05, 3.63) is 64.7 Å². The van der Waals surface area contributed by atoms with Crippen molar-refractivity contribution in [3.63, 3.8) is 0 Å². The lowest BCUT2D eigenvalue weighted by Gasteiger charge is -2.30. The number of aliphatic carboxylic acids is 2. The minimum absolute atomic E-state index is 0.0788. The summed E-state index contributed by atoms with van der Waals surface area (Å²) < 4.78 is 10.8. The Labute approximate surface area is 461 Å². The number of rotatable bonds is 23. The predicted octanol–water partition coefficient (Wildman–Crippen LogP) is -2.47. The molecule has 6 rings (SSSR count). The molecule has 0 aromatic heterocycles. The summed E-state index contributed by atoms with van der Waals surface area (Å²) >= 11 is -2.43. The number of hydrogen-bond donors (Lipinski definition) is 8. The number of nitrogens with zero attached hydrogens (tertiary/aromatic N) is 4. The zero-order chi connectivity index (χ0) is 57.3. The molecule has 0 aliphatic carbocycles. The van der Waals surface area contributed by atoms with Crippen molar-refractivity contribution in [1.82, 2.24) is 46.6 Å². The number of carboxylic acid groups (broad SMARTS) is 2. The Morgan fingerprint density at radius 3 is 2.00 bits per heavy atom. The number of fused-ring (bicyclic) bond motifs is 3. The molecule has 2 aromatic rings. The number of aldehydes is 1. The molecule has 4 heterocycles. The molecule has 26 nitrogen and oxygen atoms in total. The van der Waals surface area contributed by atoms with Crippen molar-refractivity contribution < 1.29 is 75.3 Å². The molecule has 426 valence electrons. The maximum atomic E-state index is 14.2. The van der Waals surface area contributed by atoms with Crippen LogP contribution in [0.15, 0.2) is 42.5 Å². The fraction of sp³-hybridized carbons (Fsp3) is 0.538. The van der Waals surface area contributed by atoms with Gasteiger partial charge in [-0.25, -0.2) is 0 Å².